The number of aromatic nitrogens is 2. The summed E-state index contributed by atoms with van der Waals surface area (Å²) in [5.74, 6) is 0.0200. The third kappa shape index (κ3) is 3.98. The smallest absolute Gasteiger partial charge is 0.328 e. The Morgan fingerprint density at radius 3 is 2.47 bits per heavy atom. The van der Waals surface area contributed by atoms with Crippen LogP contribution in [0.4, 0.5) is 5.69 Å². The average molecular weight is 409 g/mol. The van der Waals surface area contributed by atoms with Gasteiger partial charge < -0.3 is 14.5 Å². The number of amides is 1. The van der Waals surface area contributed by atoms with Crippen LogP contribution in [0.2, 0.25) is 0 Å². The van der Waals surface area contributed by atoms with E-state index in [1.807, 2.05) is 43.4 Å². The van der Waals surface area contributed by atoms with E-state index < -0.39 is 0 Å². The Hall–Kier alpha value is -3.06. The molecule has 0 bridgehead atoms. The summed E-state index contributed by atoms with van der Waals surface area (Å²) in [5.41, 5.74) is 3.92. The largest absolute Gasteiger partial charge is 0.378 e. The summed E-state index contributed by atoms with van der Waals surface area (Å²) in [6.45, 7) is 4.08. The first-order chi connectivity index (χ1) is 14.6. The molecule has 0 unspecified atom stereocenters. The minimum absolute atomic E-state index is 0.0200. The summed E-state index contributed by atoms with van der Waals surface area (Å²) in [6, 6.07) is 15.9. The number of morpholine rings is 1. The highest BCUT2D eigenvalue weighted by Gasteiger charge is 2.18. The van der Waals surface area contributed by atoms with Crippen LogP contribution < -0.4 is 10.6 Å². The van der Waals surface area contributed by atoms with E-state index in [9.17, 15) is 9.59 Å². The van der Waals surface area contributed by atoms with Crippen LogP contribution in [0.15, 0.2) is 53.3 Å². The van der Waals surface area contributed by atoms with E-state index in [1.54, 1.807) is 21.1 Å². The van der Waals surface area contributed by atoms with Crippen LogP contribution in [-0.2, 0) is 29.7 Å². The lowest BCUT2D eigenvalue weighted by Gasteiger charge is -2.31. The molecule has 1 saturated heterocycles. The molecule has 30 heavy (non-hydrogen) atoms. The zero-order valence-electron chi connectivity index (χ0n) is 17.6. The first kappa shape index (κ1) is 20.2. The third-order valence-corrected chi connectivity index (χ3v) is 5.78. The predicted octanol–water partition coefficient (Wildman–Crippen LogP) is 2.23. The van der Waals surface area contributed by atoms with Crippen LogP contribution >= 0.6 is 0 Å². The fraction of sp³-hybridized carbons (Fsp3) is 0.391. The molecule has 2 heterocycles. The lowest BCUT2D eigenvalue weighted by Crippen LogP contribution is -2.37. The van der Waals surface area contributed by atoms with Gasteiger partial charge in [0.15, 0.2) is 0 Å². The van der Waals surface area contributed by atoms with Crippen molar-refractivity contribution in [2.45, 2.75) is 19.5 Å². The molecule has 7 nitrogen and oxygen atoms in total. The molecule has 2 aromatic carbocycles. The van der Waals surface area contributed by atoms with Crippen molar-refractivity contribution >= 4 is 22.6 Å². The molecule has 1 amide bonds. The SMILES string of the molecule is CN(Cc1ccccc1N1CCOCC1)C(=O)CCn1c(=O)n(C)c2ccccc21. The van der Waals surface area contributed by atoms with Gasteiger partial charge in [-0.1, -0.05) is 30.3 Å². The molecule has 1 aliphatic rings. The molecular weight excluding hydrogens is 380 g/mol. The fourth-order valence-corrected chi connectivity index (χ4v) is 4.08. The Balaban J connectivity index is 1.45. The van der Waals surface area contributed by atoms with E-state index in [0.29, 0.717) is 13.1 Å². The number of ether oxygens (including phenoxy) is 1. The molecule has 0 N–H and O–H groups in total. The maximum absolute atomic E-state index is 12.8. The zero-order valence-corrected chi connectivity index (χ0v) is 17.6. The van der Waals surface area contributed by atoms with Gasteiger partial charge in [-0.15, -0.1) is 0 Å². The quantitative estimate of drug-likeness (QED) is 0.628. The van der Waals surface area contributed by atoms with Crippen LogP contribution in [0.5, 0.6) is 0 Å². The van der Waals surface area contributed by atoms with Crippen molar-refractivity contribution in [3.63, 3.8) is 0 Å². The van der Waals surface area contributed by atoms with Gasteiger partial charge in [0, 0.05) is 52.4 Å². The summed E-state index contributed by atoms with van der Waals surface area (Å²) in [7, 11) is 3.59. The van der Waals surface area contributed by atoms with Crippen molar-refractivity contribution in [2.75, 3.05) is 38.3 Å². The second kappa shape index (κ2) is 8.75. The van der Waals surface area contributed by atoms with Crippen molar-refractivity contribution in [3.8, 4) is 0 Å². The molecule has 0 spiro atoms. The molecule has 1 fully saturated rings. The fourth-order valence-electron chi connectivity index (χ4n) is 4.08. The van der Waals surface area contributed by atoms with Crippen molar-refractivity contribution < 1.29 is 9.53 Å². The van der Waals surface area contributed by atoms with Crippen LogP contribution in [0.1, 0.15) is 12.0 Å². The van der Waals surface area contributed by atoms with E-state index in [0.717, 1.165) is 48.6 Å². The number of aryl methyl sites for hydroxylation is 2. The number of hydrogen-bond acceptors (Lipinski definition) is 4. The average Bonchev–Trinajstić information content (AvgIpc) is 3.03. The molecule has 0 saturated carbocycles. The summed E-state index contributed by atoms with van der Waals surface area (Å²) < 4.78 is 8.77. The standard InChI is InChI=1S/C23H28N4O3/c1-24(17-18-7-3-4-8-19(18)26-13-15-30-16-14-26)22(28)11-12-27-21-10-6-5-9-20(21)25(2)23(27)29/h3-10H,11-17H2,1-2H3. The van der Waals surface area contributed by atoms with Crippen molar-refractivity contribution in [1.29, 1.82) is 0 Å². The number of para-hydroxylation sites is 3. The second-order valence-electron chi connectivity index (χ2n) is 7.71. The van der Waals surface area contributed by atoms with Gasteiger partial charge in [0.05, 0.1) is 24.2 Å². The summed E-state index contributed by atoms with van der Waals surface area (Å²) in [4.78, 5) is 29.5. The van der Waals surface area contributed by atoms with E-state index >= 15 is 0 Å². The van der Waals surface area contributed by atoms with Crippen LogP contribution in [0, 0.1) is 0 Å². The Kier molecular flexibility index (Phi) is 5.90. The van der Waals surface area contributed by atoms with Gasteiger partial charge in [0.1, 0.15) is 0 Å². The number of rotatable bonds is 6. The Labute approximate surface area is 176 Å². The molecule has 0 radical (unpaired) electrons. The van der Waals surface area contributed by atoms with Gasteiger partial charge in [0.2, 0.25) is 5.91 Å². The van der Waals surface area contributed by atoms with Gasteiger partial charge in [-0.3, -0.25) is 13.9 Å². The minimum atomic E-state index is -0.0932. The van der Waals surface area contributed by atoms with Crippen LogP contribution in [0.25, 0.3) is 11.0 Å². The number of anilines is 1. The molecule has 158 valence electrons. The minimum Gasteiger partial charge on any atom is -0.378 e. The number of nitrogens with zero attached hydrogens (tertiary/aromatic N) is 4. The molecule has 7 heteroatoms. The van der Waals surface area contributed by atoms with E-state index in [4.69, 9.17) is 4.74 Å². The van der Waals surface area contributed by atoms with Gasteiger partial charge >= 0.3 is 5.69 Å². The van der Waals surface area contributed by atoms with Gasteiger partial charge in [-0.2, -0.15) is 0 Å². The molecule has 1 aliphatic heterocycles. The monoisotopic (exact) mass is 408 g/mol. The molecule has 4 rings (SSSR count). The van der Waals surface area contributed by atoms with E-state index in [2.05, 4.69) is 17.0 Å². The Bertz CT molecular complexity index is 1100. The lowest BCUT2D eigenvalue weighted by atomic mass is 10.1. The molecule has 3 aromatic rings. The first-order valence-electron chi connectivity index (χ1n) is 10.3. The van der Waals surface area contributed by atoms with Crippen molar-refractivity contribution in [1.82, 2.24) is 14.0 Å². The predicted molar refractivity (Wildman–Crippen MR) is 118 cm³/mol. The number of benzene rings is 2. The highest BCUT2D eigenvalue weighted by molar-refractivity contribution is 5.78. The van der Waals surface area contributed by atoms with Crippen molar-refractivity contribution in [3.05, 3.63) is 64.6 Å². The highest BCUT2D eigenvalue weighted by Crippen LogP contribution is 2.23. The van der Waals surface area contributed by atoms with E-state index in [-0.39, 0.29) is 18.0 Å². The third-order valence-electron chi connectivity index (χ3n) is 5.78. The van der Waals surface area contributed by atoms with Crippen molar-refractivity contribution in [2.24, 2.45) is 7.05 Å². The maximum atomic E-state index is 12.8. The van der Waals surface area contributed by atoms with Gasteiger partial charge in [-0.25, -0.2) is 4.79 Å². The Morgan fingerprint density at radius 1 is 1.03 bits per heavy atom. The summed E-state index contributed by atoms with van der Waals surface area (Å²) in [5, 5.41) is 0. The number of carbonyl (C=O) groups excluding carboxylic acids is 1. The molecule has 0 atom stereocenters. The van der Waals surface area contributed by atoms with Gasteiger partial charge in [-0.05, 0) is 23.8 Å². The highest BCUT2D eigenvalue weighted by atomic mass is 16.5. The lowest BCUT2D eigenvalue weighted by molar-refractivity contribution is -0.130. The normalized spacial score (nSPS) is 14.3. The summed E-state index contributed by atoms with van der Waals surface area (Å²) in [6.07, 6.45) is 0.282. The molecule has 0 aliphatic carbocycles. The number of imidazole rings is 1. The van der Waals surface area contributed by atoms with Crippen LogP contribution in [-0.4, -0.2) is 53.3 Å². The first-order valence-corrected chi connectivity index (χ1v) is 10.3. The number of carbonyl (C=O) groups is 1. The van der Waals surface area contributed by atoms with Gasteiger partial charge in [0.25, 0.3) is 0 Å². The summed E-state index contributed by atoms with van der Waals surface area (Å²) >= 11 is 0. The molecule has 1 aromatic heterocycles. The topological polar surface area (TPSA) is 59.7 Å². The zero-order chi connectivity index (χ0) is 21.1. The van der Waals surface area contributed by atoms with E-state index in [1.165, 1.54) is 0 Å². The molecular formula is C23H28N4O3. The number of fused-ring (bicyclic) bond motifs is 1. The van der Waals surface area contributed by atoms with Crippen LogP contribution in [0.3, 0.4) is 0 Å². The Morgan fingerprint density at radius 2 is 1.70 bits per heavy atom. The second-order valence-corrected chi connectivity index (χ2v) is 7.71. The number of hydrogen-bond donors (Lipinski definition) is 0. The maximum Gasteiger partial charge on any atom is 0.328 e.